The highest BCUT2D eigenvalue weighted by atomic mass is 79.9. The van der Waals surface area contributed by atoms with Crippen molar-refractivity contribution in [3.63, 3.8) is 0 Å². The number of amides is 1. The summed E-state index contributed by atoms with van der Waals surface area (Å²) < 4.78 is 6.69. The van der Waals surface area contributed by atoms with Gasteiger partial charge in [-0.05, 0) is 60.7 Å². The molecule has 0 spiro atoms. The van der Waals surface area contributed by atoms with E-state index in [0.717, 1.165) is 27.0 Å². The zero-order valence-corrected chi connectivity index (χ0v) is 15.5. The van der Waals surface area contributed by atoms with Crippen molar-refractivity contribution >= 4 is 27.5 Å². The number of nitrogens with one attached hydrogen (secondary N) is 1. The molecule has 0 radical (unpaired) electrons. The molecule has 0 atom stereocenters. The molecule has 2 aromatic carbocycles. The molecule has 2 rings (SSSR count). The zero-order chi connectivity index (χ0) is 17.0. The van der Waals surface area contributed by atoms with E-state index in [-0.39, 0.29) is 12.5 Å². The maximum absolute atomic E-state index is 12.1. The van der Waals surface area contributed by atoms with Crippen LogP contribution in [0.5, 0.6) is 5.75 Å². The molecule has 1 N–H and O–H groups in total. The Balaban J connectivity index is 2.00. The number of rotatable bonds is 5. The first-order chi connectivity index (χ1) is 10.9. The smallest absolute Gasteiger partial charge is 0.262 e. The highest BCUT2D eigenvalue weighted by molar-refractivity contribution is 9.10. The van der Waals surface area contributed by atoms with Crippen LogP contribution in [0.1, 0.15) is 36.5 Å². The largest absolute Gasteiger partial charge is 0.483 e. The maximum Gasteiger partial charge on any atom is 0.262 e. The lowest BCUT2D eigenvalue weighted by molar-refractivity contribution is -0.118. The minimum Gasteiger partial charge on any atom is -0.483 e. The quantitative estimate of drug-likeness (QED) is 0.778. The summed E-state index contributed by atoms with van der Waals surface area (Å²) >= 11 is 3.41. The number of hydrogen-bond donors (Lipinski definition) is 1. The van der Waals surface area contributed by atoms with Crippen molar-refractivity contribution in [3.05, 3.63) is 57.6 Å². The van der Waals surface area contributed by atoms with Gasteiger partial charge in [-0.2, -0.15) is 0 Å². The van der Waals surface area contributed by atoms with E-state index in [0.29, 0.717) is 5.92 Å². The number of anilines is 1. The molecule has 23 heavy (non-hydrogen) atoms. The van der Waals surface area contributed by atoms with Crippen LogP contribution in [-0.2, 0) is 4.79 Å². The third-order valence-electron chi connectivity index (χ3n) is 3.70. The lowest BCUT2D eigenvalue weighted by atomic mass is 10.0. The SMILES string of the molecule is Cc1cc(Br)ccc1NC(=O)COc1cc(C(C)C)ccc1C. The van der Waals surface area contributed by atoms with E-state index < -0.39 is 0 Å². The van der Waals surface area contributed by atoms with E-state index in [1.807, 2.05) is 44.2 Å². The first-order valence-corrected chi connectivity index (χ1v) is 8.45. The Hall–Kier alpha value is -1.81. The molecule has 0 aliphatic rings. The van der Waals surface area contributed by atoms with Crippen LogP contribution < -0.4 is 10.1 Å². The van der Waals surface area contributed by atoms with Crippen LogP contribution in [0, 0.1) is 13.8 Å². The lowest BCUT2D eigenvalue weighted by Gasteiger charge is -2.13. The second kappa shape index (κ2) is 7.64. The van der Waals surface area contributed by atoms with E-state index >= 15 is 0 Å². The fourth-order valence-electron chi connectivity index (χ4n) is 2.23. The fraction of sp³-hybridized carbons (Fsp3) is 0.316. The topological polar surface area (TPSA) is 38.3 Å². The minimum atomic E-state index is -0.162. The molecule has 122 valence electrons. The number of halogens is 1. The van der Waals surface area contributed by atoms with Crippen molar-refractivity contribution in [2.75, 3.05) is 11.9 Å². The minimum absolute atomic E-state index is 0.00209. The maximum atomic E-state index is 12.1. The van der Waals surface area contributed by atoms with Crippen LogP contribution >= 0.6 is 15.9 Å². The molecule has 0 aliphatic heterocycles. The van der Waals surface area contributed by atoms with Crippen molar-refractivity contribution in [3.8, 4) is 5.75 Å². The van der Waals surface area contributed by atoms with E-state index in [1.165, 1.54) is 5.56 Å². The summed E-state index contributed by atoms with van der Waals surface area (Å²) in [4.78, 5) is 12.1. The number of benzene rings is 2. The van der Waals surface area contributed by atoms with Crippen molar-refractivity contribution in [2.45, 2.75) is 33.6 Å². The van der Waals surface area contributed by atoms with Crippen molar-refractivity contribution in [2.24, 2.45) is 0 Å². The Labute approximate surface area is 146 Å². The molecular weight excluding hydrogens is 354 g/mol. The van der Waals surface area contributed by atoms with E-state index in [2.05, 4.69) is 41.2 Å². The zero-order valence-electron chi connectivity index (χ0n) is 13.9. The number of ether oxygens (including phenoxy) is 1. The number of carbonyl (C=O) groups is 1. The second-order valence-corrected chi connectivity index (χ2v) is 6.89. The standard InChI is InChI=1S/C19H22BrNO2/c1-12(2)15-6-5-13(3)18(10-15)23-11-19(22)21-17-8-7-16(20)9-14(17)4/h5-10,12H,11H2,1-4H3,(H,21,22). The predicted molar refractivity (Wildman–Crippen MR) is 98.3 cm³/mol. The lowest BCUT2D eigenvalue weighted by Crippen LogP contribution is -2.21. The van der Waals surface area contributed by atoms with Gasteiger partial charge in [0.1, 0.15) is 5.75 Å². The Morgan fingerprint density at radius 2 is 1.87 bits per heavy atom. The Morgan fingerprint density at radius 1 is 1.13 bits per heavy atom. The Bertz CT molecular complexity index is 711. The summed E-state index contributed by atoms with van der Waals surface area (Å²) in [6, 6.07) is 11.9. The predicted octanol–water partition coefficient (Wildman–Crippen LogP) is 5.21. The average Bonchev–Trinajstić information content (AvgIpc) is 2.49. The third-order valence-corrected chi connectivity index (χ3v) is 4.19. The van der Waals surface area contributed by atoms with Crippen LogP contribution in [0.15, 0.2) is 40.9 Å². The molecule has 0 unspecified atom stereocenters. The molecule has 4 heteroatoms. The van der Waals surface area contributed by atoms with Crippen molar-refractivity contribution < 1.29 is 9.53 Å². The fourth-order valence-corrected chi connectivity index (χ4v) is 2.70. The molecule has 0 bridgehead atoms. The highest BCUT2D eigenvalue weighted by Gasteiger charge is 2.09. The van der Waals surface area contributed by atoms with Crippen LogP contribution in [0.2, 0.25) is 0 Å². The van der Waals surface area contributed by atoms with Crippen molar-refractivity contribution in [1.29, 1.82) is 0 Å². The second-order valence-electron chi connectivity index (χ2n) is 5.98. The monoisotopic (exact) mass is 375 g/mol. The van der Waals surface area contributed by atoms with E-state index in [1.54, 1.807) is 0 Å². The van der Waals surface area contributed by atoms with Gasteiger partial charge in [-0.3, -0.25) is 4.79 Å². The molecular formula is C19H22BrNO2. The number of hydrogen-bond acceptors (Lipinski definition) is 2. The van der Waals surface area contributed by atoms with Crippen molar-refractivity contribution in [1.82, 2.24) is 0 Å². The van der Waals surface area contributed by atoms with Crippen LogP contribution in [-0.4, -0.2) is 12.5 Å². The third kappa shape index (κ3) is 4.83. The summed E-state index contributed by atoms with van der Waals surface area (Å²) in [5.74, 6) is 1.03. The number of aryl methyl sites for hydroxylation is 2. The first kappa shape index (κ1) is 17.5. The molecule has 0 saturated heterocycles. The Kier molecular flexibility index (Phi) is 5.83. The molecule has 0 saturated carbocycles. The van der Waals surface area contributed by atoms with Crippen LogP contribution in [0.25, 0.3) is 0 Å². The van der Waals surface area contributed by atoms with Gasteiger partial charge in [0.05, 0.1) is 0 Å². The summed E-state index contributed by atoms with van der Waals surface area (Å²) in [5.41, 5.74) is 4.04. The molecule has 1 amide bonds. The van der Waals surface area contributed by atoms with Crippen LogP contribution in [0.4, 0.5) is 5.69 Å². The normalized spacial score (nSPS) is 10.7. The van der Waals surface area contributed by atoms with Gasteiger partial charge in [-0.1, -0.05) is 41.9 Å². The van der Waals surface area contributed by atoms with Gasteiger partial charge in [0.2, 0.25) is 0 Å². The summed E-state index contributed by atoms with van der Waals surface area (Å²) in [7, 11) is 0. The highest BCUT2D eigenvalue weighted by Crippen LogP contribution is 2.24. The van der Waals surface area contributed by atoms with E-state index in [4.69, 9.17) is 4.74 Å². The van der Waals surface area contributed by atoms with E-state index in [9.17, 15) is 4.79 Å². The first-order valence-electron chi connectivity index (χ1n) is 7.66. The van der Waals surface area contributed by atoms with Gasteiger partial charge in [-0.25, -0.2) is 0 Å². The number of carbonyl (C=O) groups excluding carboxylic acids is 1. The summed E-state index contributed by atoms with van der Waals surface area (Å²) in [6.45, 7) is 8.21. The van der Waals surface area contributed by atoms with Gasteiger partial charge in [0, 0.05) is 10.2 Å². The van der Waals surface area contributed by atoms with Crippen LogP contribution in [0.3, 0.4) is 0 Å². The molecule has 0 aromatic heterocycles. The summed E-state index contributed by atoms with van der Waals surface area (Å²) in [6.07, 6.45) is 0. The van der Waals surface area contributed by atoms with Gasteiger partial charge in [0.15, 0.2) is 6.61 Å². The average molecular weight is 376 g/mol. The molecule has 0 fully saturated rings. The van der Waals surface area contributed by atoms with Gasteiger partial charge >= 0.3 is 0 Å². The molecule has 3 nitrogen and oxygen atoms in total. The molecule has 0 heterocycles. The van der Waals surface area contributed by atoms with Gasteiger partial charge in [0.25, 0.3) is 5.91 Å². The molecule has 0 aliphatic carbocycles. The van der Waals surface area contributed by atoms with Gasteiger partial charge < -0.3 is 10.1 Å². The van der Waals surface area contributed by atoms with Gasteiger partial charge in [-0.15, -0.1) is 0 Å². The Morgan fingerprint density at radius 3 is 2.52 bits per heavy atom. The summed E-state index contributed by atoms with van der Waals surface area (Å²) in [5, 5.41) is 2.88. The molecule has 2 aromatic rings.